The van der Waals surface area contributed by atoms with Crippen LogP contribution >= 0.6 is 15.9 Å². The summed E-state index contributed by atoms with van der Waals surface area (Å²) in [6.07, 6.45) is 1.65. The third-order valence-corrected chi connectivity index (χ3v) is 2.02. The molecule has 11 heavy (non-hydrogen) atoms. The topological polar surface area (TPSA) is 38.4 Å². The van der Waals surface area contributed by atoms with Crippen LogP contribution in [0.1, 0.15) is 11.1 Å². The van der Waals surface area contributed by atoms with Gasteiger partial charge in [-0.2, -0.15) is 5.10 Å². The Morgan fingerprint density at radius 1 is 1.45 bits per heavy atom. The summed E-state index contributed by atoms with van der Waals surface area (Å²) >= 11 is 3.38. The minimum absolute atomic E-state index is 0.829. The molecule has 0 radical (unpaired) electrons. The number of benzene rings is 1. The van der Waals surface area contributed by atoms with Crippen molar-refractivity contribution < 1.29 is 0 Å². The fourth-order valence-electron chi connectivity index (χ4n) is 0.862. The summed E-state index contributed by atoms with van der Waals surface area (Å²) in [5, 5.41) is 4.30. The van der Waals surface area contributed by atoms with E-state index in [1.165, 1.54) is 5.56 Å². The largest absolute Gasteiger partial charge is 0.323 e. The minimum atomic E-state index is 0.829. The molecule has 0 amide bonds. The van der Waals surface area contributed by atoms with Crippen molar-refractivity contribution in [2.45, 2.75) is 5.33 Å². The first-order chi connectivity index (χ1) is 5.38. The molecule has 0 unspecified atom stereocenters. The van der Waals surface area contributed by atoms with Gasteiger partial charge in [0.25, 0.3) is 0 Å². The predicted molar refractivity (Wildman–Crippen MR) is 50.9 cm³/mol. The summed E-state index contributed by atoms with van der Waals surface area (Å²) in [4.78, 5) is 0. The van der Waals surface area contributed by atoms with E-state index in [4.69, 9.17) is 5.84 Å². The minimum Gasteiger partial charge on any atom is -0.323 e. The zero-order chi connectivity index (χ0) is 8.10. The lowest BCUT2D eigenvalue weighted by molar-refractivity contribution is 1.26. The van der Waals surface area contributed by atoms with E-state index in [9.17, 15) is 0 Å². The summed E-state index contributed by atoms with van der Waals surface area (Å²) < 4.78 is 0. The third-order valence-electron chi connectivity index (χ3n) is 1.41. The van der Waals surface area contributed by atoms with Crippen LogP contribution in [0.4, 0.5) is 0 Å². The molecule has 3 heteroatoms. The monoisotopic (exact) mass is 212 g/mol. The standard InChI is InChI=1S/C8H9BrN2/c9-5-7-3-1-2-4-8(7)6-11-10/h1-4,6H,5,10H2. The highest BCUT2D eigenvalue weighted by Gasteiger charge is 1.94. The molecule has 1 aromatic carbocycles. The Labute approximate surface area is 74.2 Å². The highest BCUT2D eigenvalue weighted by molar-refractivity contribution is 9.08. The van der Waals surface area contributed by atoms with Crippen LogP contribution in [-0.4, -0.2) is 6.21 Å². The van der Waals surface area contributed by atoms with E-state index < -0.39 is 0 Å². The molecule has 2 N–H and O–H groups in total. The zero-order valence-corrected chi connectivity index (χ0v) is 7.58. The molecule has 0 saturated carbocycles. The van der Waals surface area contributed by atoms with Crippen molar-refractivity contribution in [2.75, 3.05) is 0 Å². The van der Waals surface area contributed by atoms with Crippen molar-refractivity contribution in [3.63, 3.8) is 0 Å². The third kappa shape index (κ3) is 2.05. The Hall–Kier alpha value is -0.830. The molecule has 0 atom stereocenters. The van der Waals surface area contributed by atoms with Gasteiger partial charge < -0.3 is 5.84 Å². The molecule has 0 fully saturated rings. The molecule has 1 rings (SSSR count). The molecule has 0 aliphatic rings. The number of nitrogens with two attached hydrogens (primary N) is 1. The molecular weight excluding hydrogens is 204 g/mol. The van der Waals surface area contributed by atoms with E-state index in [-0.39, 0.29) is 0 Å². The van der Waals surface area contributed by atoms with E-state index in [1.807, 2.05) is 24.3 Å². The molecule has 0 spiro atoms. The van der Waals surface area contributed by atoms with Gasteiger partial charge in [0.05, 0.1) is 6.21 Å². The van der Waals surface area contributed by atoms with Crippen LogP contribution in [-0.2, 0) is 5.33 Å². The van der Waals surface area contributed by atoms with Crippen LogP contribution in [0.5, 0.6) is 0 Å². The normalized spacial score (nSPS) is 10.6. The first-order valence-corrected chi connectivity index (χ1v) is 4.37. The van der Waals surface area contributed by atoms with Crippen molar-refractivity contribution in [1.82, 2.24) is 0 Å². The second-order valence-electron chi connectivity index (χ2n) is 2.11. The summed E-state index contributed by atoms with van der Waals surface area (Å²) in [5.74, 6) is 5.04. The van der Waals surface area contributed by atoms with Gasteiger partial charge in [0.1, 0.15) is 0 Å². The number of nitrogens with zero attached hydrogens (tertiary/aromatic N) is 1. The smallest absolute Gasteiger partial charge is 0.0541 e. The lowest BCUT2D eigenvalue weighted by Crippen LogP contribution is -1.91. The second kappa shape index (κ2) is 4.13. The molecule has 0 aromatic heterocycles. The van der Waals surface area contributed by atoms with Crippen molar-refractivity contribution >= 4 is 22.1 Å². The first kappa shape index (κ1) is 8.27. The fourth-order valence-corrected chi connectivity index (χ4v) is 1.37. The van der Waals surface area contributed by atoms with Crippen LogP contribution in [0.3, 0.4) is 0 Å². The van der Waals surface area contributed by atoms with E-state index in [2.05, 4.69) is 21.0 Å². The molecule has 0 aliphatic carbocycles. The number of halogens is 1. The Kier molecular flexibility index (Phi) is 3.11. The van der Waals surface area contributed by atoms with Gasteiger partial charge in [0, 0.05) is 5.33 Å². The first-order valence-electron chi connectivity index (χ1n) is 3.25. The van der Waals surface area contributed by atoms with Crippen molar-refractivity contribution in [2.24, 2.45) is 10.9 Å². The second-order valence-corrected chi connectivity index (χ2v) is 2.67. The van der Waals surface area contributed by atoms with E-state index in [0.717, 1.165) is 10.9 Å². The maximum absolute atomic E-state index is 5.04. The molecule has 0 bridgehead atoms. The maximum atomic E-state index is 5.04. The van der Waals surface area contributed by atoms with E-state index in [0.29, 0.717) is 0 Å². The van der Waals surface area contributed by atoms with Gasteiger partial charge >= 0.3 is 0 Å². The molecule has 1 aromatic rings. The summed E-state index contributed by atoms with van der Waals surface area (Å²) in [6.45, 7) is 0. The van der Waals surface area contributed by atoms with Gasteiger partial charge in [-0.05, 0) is 11.1 Å². The summed E-state index contributed by atoms with van der Waals surface area (Å²) in [7, 11) is 0. The van der Waals surface area contributed by atoms with Crippen LogP contribution in [0, 0.1) is 0 Å². The molecule has 0 aliphatic heterocycles. The van der Waals surface area contributed by atoms with Gasteiger partial charge in [0.2, 0.25) is 0 Å². The van der Waals surface area contributed by atoms with Crippen molar-refractivity contribution in [3.8, 4) is 0 Å². The lowest BCUT2D eigenvalue weighted by Gasteiger charge is -1.98. The molecule has 0 saturated heterocycles. The quantitative estimate of drug-likeness (QED) is 0.346. The number of rotatable bonds is 2. The number of hydrogen-bond acceptors (Lipinski definition) is 2. The van der Waals surface area contributed by atoms with Crippen molar-refractivity contribution in [3.05, 3.63) is 35.4 Å². The average Bonchev–Trinajstić information content (AvgIpc) is 2.06. The Morgan fingerprint density at radius 3 is 2.82 bits per heavy atom. The number of hydrazone groups is 1. The van der Waals surface area contributed by atoms with Gasteiger partial charge in [-0.25, -0.2) is 0 Å². The average molecular weight is 213 g/mol. The van der Waals surface area contributed by atoms with E-state index in [1.54, 1.807) is 6.21 Å². The Morgan fingerprint density at radius 2 is 2.18 bits per heavy atom. The molecular formula is C8H9BrN2. The van der Waals surface area contributed by atoms with E-state index >= 15 is 0 Å². The maximum Gasteiger partial charge on any atom is 0.0541 e. The predicted octanol–water partition coefficient (Wildman–Crippen LogP) is 1.87. The molecule has 2 nitrogen and oxygen atoms in total. The molecule has 0 heterocycles. The van der Waals surface area contributed by atoms with Gasteiger partial charge in [-0.15, -0.1) is 0 Å². The highest BCUT2D eigenvalue weighted by atomic mass is 79.9. The summed E-state index contributed by atoms with van der Waals surface area (Å²) in [5.41, 5.74) is 2.26. The van der Waals surface area contributed by atoms with Gasteiger partial charge in [-0.1, -0.05) is 40.2 Å². The number of alkyl halides is 1. The highest BCUT2D eigenvalue weighted by Crippen LogP contribution is 2.09. The van der Waals surface area contributed by atoms with Gasteiger partial charge in [0.15, 0.2) is 0 Å². The van der Waals surface area contributed by atoms with Crippen LogP contribution < -0.4 is 5.84 Å². The Bertz CT molecular complexity index is 258. The van der Waals surface area contributed by atoms with Crippen LogP contribution in [0.15, 0.2) is 29.4 Å². The van der Waals surface area contributed by atoms with Gasteiger partial charge in [-0.3, -0.25) is 0 Å². The summed E-state index contributed by atoms with van der Waals surface area (Å²) in [6, 6.07) is 7.96. The van der Waals surface area contributed by atoms with Crippen LogP contribution in [0.25, 0.3) is 0 Å². The zero-order valence-electron chi connectivity index (χ0n) is 6.00. The fraction of sp³-hybridized carbons (Fsp3) is 0.125. The SMILES string of the molecule is NN=Cc1ccccc1CBr. The van der Waals surface area contributed by atoms with Crippen LogP contribution in [0.2, 0.25) is 0 Å². The lowest BCUT2D eigenvalue weighted by atomic mass is 10.1. The number of hydrogen-bond donors (Lipinski definition) is 1. The van der Waals surface area contributed by atoms with Crippen molar-refractivity contribution in [1.29, 1.82) is 0 Å². The Balaban J connectivity index is 3.02. The molecule has 58 valence electrons.